The van der Waals surface area contributed by atoms with Gasteiger partial charge in [0.05, 0.1) is 6.10 Å². The molecule has 42 heavy (non-hydrogen) atoms. The van der Waals surface area contributed by atoms with Crippen LogP contribution in [0.5, 0.6) is 0 Å². The number of oxazole rings is 1. The van der Waals surface area contributed by atoms with Gasteiger partial charge in [-0.1, -0.05) is 30.3 Å². The fourth-order valence-electron chi connectivity index (χ4n) is 4.67. The lowest BCUT2D eigenvalue weighted by atomic mass is 10.0. The van der Waals surface area contributed by atoms with Crippen molar-refractivity contribution in [3.8, 4) is 0 Å². The monoisotopic (exact) mass is 579 g/mol. The van der Waals surface area contributed by atoms with Crippen LogP contribution in [0, 0.1) is 12.7 Å². The maximum atomic E-state index is 14.0. The topological polar surface area (TPSA) is 163 Å². The maximum Gasteiger partial charge on any atom is 0.273 e. The predicted octanol–water partition coefficient (Wildman–Crippen LogP) is 2.10. The van der Waals surface area contributed by atoms with Crippen LogP contribution < -0.4 is 21.3 Å². The van der Waals surface area contributed by atoms with Crippen LogP contribution in [0.15, 0.2) is 59.2 Å². The number of aliphatic hydroxyl groups excluding tert-OH is 1. The summed E-state index contributed by atoms with van der Waals surface area (Å²) in [5, 5.41) is 20.9. The Morgan fingerprint density at radius 1 is 1.12 bits per heavy atom. The Morgan fingerprint density at radius 3 is 2.60 bits per heavy atom. The van der Waals surface area contributed by atoms with Crippen LogP contribution >= 0.6 is 0 Å². The van der Waals surface area contributed by atoms with Crippen LogP contribution in [0.4, 0.5) is 4.39 Å². The molecule has 3 aromatic rings. The summed E-state index contributed by atoms with van der Waals surface area (Å²) in [5.41, 5.74) is 1.34. The Kier molecular flexibility index (Phi) is 10.0. The zero-order valence-electron chi connectivity index (χ0n) is 23.4. The van der Waals surface area contributed by atoms with Gasteiger partial charge in [-0.15, -0.1) is 0 Å². The molecule has 1 aliphatic rings. The van der Waals surface area contributed by atoms with Gasteiger partial charge in [0.25, 0.3) is 11.8 Å². The summed E-state index contributed by atoms with van der Waals surface area (Å²) in [6.45, 7) is 3.25. The number of nitrogens with one attached hydrogen (secondary N) is 4. The standard InChI is InChI=1S/C30H34FN5O6/c1-17-12-20(15-21(31)13-17)26(38)33-22-10-6-7-11-32-29(41)25(18(2)37)36-28(40)24-16-42-30(35-24)23(34-27(22)39)14-19-8-4-3-5-9-19/h3-5,8-9,12-13,15-16,18,22-23,25,37H,6-7,10-11,14H2,1-2H3,(H,32,41)(H,33,38)(H,34,39)(H,36,40)/t18-,22+,23+,25+/m1/s1. The molecule has 222 valence electrons. The van der Waals surface area contributed by atoms with Crippen molar-refractivity contribution in [3.63, 3.8) is 0 Å². The highest BCUT2D eigenvalue weighted by atomic mass is 19.1. The third-order valence-corrected chi connectivity index (χ3v) is 6.85. The lowest BCUT2D eigenvalue weighted by Crippen LogP contribution is -2.52. The van der Waals surface area contributed by atoms with E-state index in [1.807, 2.05) is 30.3 Å². The fourth-order valence-corrected chi connectivity index (χ4v) is 4.67. The van der Waals surface area contributed by atoms with Gasteiger partial charge in [0.1, 0.15) is 30.2 Å². The quantitative estimate of drug-likeness (QED) is 0.309. The maximum absolute atomic E-state index is 14.0. The number of hydrogen-bond acceptors (Lipinski definition) is 7. The van der Waals surface area contributed by atoms with Crippen LogP contribution in [0.25, 0.3) is 0 Å². The molecule has 4 rings (SSSR count). The molecule has 0 saturated carbocycles. The van der Waals surface area contributed by atoms with E-state index in [-0.39, 0.29) is 36.5 Å². The Balaban J connectivity index is 1.64. The highest BCUT2D eigenvalue weighted by Crippen LogP contribution is 2.20. The second-order valence-electron chi connectivity index (χ2n) is 10.3. The number of amides is 4. The first-order valence-electron chi connectivity index (χ1n) is 13.7. The zero-order chi connectivity index (χ0) is 30.2. The number of halogens is 1. The lowest BCUT2D eigenvalue weighted by Gasteiger charge is -2.23. The van der Waals surface area contributed by atoms with E-state index in [1.165, 1.54) is 19.1 Å². The van der Waals surface area contributed by atoms with Crippen LogP contribution in [0.2, 0.25) is 0 Å². The molecule has 2 bridgehead atoms. The smallest absolute Gasteiger partial charge is 0.273 e. The van der Waals surface area contributed by atoms with Crippen molar-refractivity contribution < 1.29 is 33.1 Å². The second kappa shape index (κ2) is 13.9. The molecule has 0 saturated heterocycles. The first-order valence-corrected chi connectivity index (χ1v) is 13.7. The third-order valence-electron chi connectivity index (χ3n) is 6.85. The number of aryl methyl sites for hydroxylation is 1. The Labute approximate surface area is 242 Å². The predicted molar refractivity (Wildman–Crippen MR) is 150 cm³/mol. The van der Waals surface area contributed by atoms with Gasteiger partial charge in [0.2, 0.25) is 17.7 Å². The number of hydrogen-bond donors (Lipinski definition) is 5. The fraction of sp³-hybridized carbons (Fsp3) is 0.367. The van der Waals surface area contributed by atoms with E-state index in [9.17, 15) is 28.7 Å². The van der Waals surface area contributed by atoms with Gasteiger partial charge in [-0.05, 0) is 62.4 Å². The number of rotatable bonds is 5. The molecule has 2 aromatic carbocycles. The van der Waals surface area contributed by atoms with E-state index in [1.54, 1.807) is 6.92 Å². The number of carbonyl (C=O) groups is 4. The highest BCUT2D eigenvalue weighted by Gasteiger charge is 2.30. The number of fused-ring (bicyclic) bond motifs is 2. The van der Waals surface area contributed by atoms with Gasteiger partial charge >= 0.3 is 0 Å². The summed E-state index contributed by atoms with van der Waals surface area (Å²) in [7, 11) is 0. The first kappa shape index (κ1) is 30.4. The van der Waals surface area contributed by atoms with Crippen molar-refractivity contribution in [1.29, 1.82) is 0 Å². The minimum atomic E-state index is -1.23. The van der Waals surface area contributed by atoms with Gasteiger partial charge in [0, 0.05) is 18.5 Å². The van der Waals surface area contributed by atoms with Crippen molar-refractivity contribution in [2.45, 2.75) is 63.8 Å². The molecule has 11 nitrogen and oxygen atoms in total. The normalized spacial score (nSPS) is 21.0. The summed E-state index contributed by atoms with van der Waals surface area (Å²) in [4.78, 5) is 56.5. The van der Waals surface area contributed by atoms with E-state index in [0.717, 1.165) is 17.9 Å². The molecular formula is C30H34FN5O6. The number of aliphatic hydroxyl groups is 1. The van der Waals surface area contributed by atoms with E-state index >= 15 is 0 Å². The minimum Gasteiger partial charge on any atom is -0.446 e. The molecule has 2 heterocycles. The van der Waals surface area contributed by atoms with Crippen LogP contribution in [-0.4, -0.2) is 58.5 Å². The highest BCUT2D eigenvalue weighted by molar-refractivity contribution is 5.98. The molecule has 4 atom stereocenters. The summed E-state index contributed by atoms with van der Waals surface area (Å²) in [6.07, 6.45) is 1.27. The molecule has 1 aromatic heterocycles. The number of nitrogens with zero attached hydrogens (tertiary/aromatic N) is 1. The third kappa shape index (κ3) is 8.00. The van der Waals surface area contributed by atoms with Crippen molar-refractivity contribution in [3.05, 3.63) is 88.9 Å². The molecule has 0 unspecified atom stereocenters. The van der Waals surface area contributed by atoms with Gasteiger partial charge in [-0.3, -0.25) is 19.2 Å². The van der Waals surface area contributed by atoms with Crippen LogP contribution in [0.3, 0.4) is 0 Å². The molecular weight excluding hydrogens is 545 g/mol. The lowest BCUT2D eigenvalue weighted by molar-refractivity contribution is -0.125. The van der Waals surface area contributed by atoms with Gasteiger partial charge < -0.3 is 30.8 Å². The molecule has 0 spiro atoms. The van der Waals surface area contributed by atoms with Crippen molar-refractivity contribution in [1.82, 2.24) is 26.3 Å². The molecule has 0 fully saturated rings. The van der Waals surface area contributed by atoms with Gasteiger partial charge in [-0.25, -0.2) is 9.37 Å². The van der Waals surface area contributed by atoms with E-state index in [2.05, 4.69) is 26.3 Å². The van der Waals surface area contributed by atoms with Crippen LogP contribution in [0.1, 0.15) is 70.1 Å². The van der Waals surface area contributed by atoms with Crippen molar-refractivity contribution >= 4 is 23.6 Å². The van der Waals surface area contributed by atoms with E-state index < -0.39 is 53.7 Å². The number of benzene rings is 2. The summed E-state index contributed by atoms with van der Waals surface area (Å²) >= 11 is 0. The Hall–Kier alpha value is -4.58. The molecule has 5 N–H and O–H groups in total. The van der Waals surface area contributed by atoms with Crippen molar-refractivity contribution in [2.24, 2.45) is 0 Å². The zero-order valence-corrected chi connectivity index (χ0v) is 23.4. The van der Waals surface area contributed by atoms with E-state index in [0.29, 0.717) is 18.4 Å². The number of aromatic nitrogens is 1. The molecule has 1 aliphatic heterocycles. The van der Waals surface area contributed by atoms with Gasteiger partial charge in [0.15, 0.2) is 5.69 Å². The largest absolute Gasteiger partial charge is 0.446 e. The molecule has 0 radical (unpaired) electrons. The number of carbonyl (C=O) groups excluding carboxylic acids is 4. The summed E-state index contributed by atoms with van der Waals surface area (Å²) < 4.78 is 19.6. The van der Waals surface area contributed by atoms with Crippen molar-refractivity contribution in [2.75, 3.05) is 6.54 Å². The minimum absolute atomic E-state index is 0.0355. The average molecular weight is 580 g/mol. The van der Waals surface area contributed by atoms with Crippen LogP contribution in [-0.2, 0) is 16.0 Å². The Morgan fingerprint density at radius 2 is 1.88 bits per heavy atom. The summed E-state index contributed by atoms with van der Waals surface area (Å²) in [5.74, 6) is -2.99. The van der Waals surface area contributed by atoms with E-state index in [4.69, 9.17) is 4.42 Å². The molecule has 0 aliphatic carbocycles. The molecule has 4 amide bonds. The average Bonchev–Trinajstić information content (AvgIpc) is 3.44. The van der Waals surface area contributed by atoms with Gasteiger partial charge in [-0.2, -0.15) is 0 Å². The SMILES string of the molecule is Cc1cc(F)cc(C(=O)N[C@H]2CCCCNC(=O)[C@H]([C@@H](C)O)NC(=O)c3coc(n3)[C@H](Cc3ccccc3)NC2=O)c1. The summed E-state index contributed by atoms with van der Waals surface area (Å²) in [6, 6.07) is 10.1. The second-order valence-corrected chi connectivity index (χ2v) is 10.3. The first-order chi connectivity index (χ1) is 20.1. The Bertz CT molecular complexity index is 1410. The molecule has 12 heteroatoms.